The quantitative estimate of drug-likeness (QED) is 0.235. The fourth-order valence-corrected chi connectivity index (χ4v) is 5.24. The van der Waals surface area contributed by atoms with Crippen LogP contribution in [0.25, 0.3) is 22.3 Å². The van der Waals surface area contributed by atoms with E-state index in [-0.39, 0.29) is 17.5 Å². The summed E-state index contributed by atoms with van der Waals surface area (Å²) in [6.45, 7) is 7.41. The lowest BCUT2D eigenvalue weighted by molar-refractivity contribution is 0.401. The fraction of sp³-hybridized carbons (Fsp3) is 0.281. The van der Waals surface area contributed by atoms with Gasteiger partial charge in [0, 0.05) is 16.8 Å². The van der Waals surface area contributed by atoms with Crippen molar-refractivity contribution in [1.29, 1.82) is 0 Å². The molecule has 1 atom stereocenters. The van der Waals surface area contributed by atoms with Gasteiger partial charge in [0.2, 0.25) is 0 Å². The highest BCUT2D eigenvalue weighted by atomic mass is 35.5. The van der Waals surface area contributed by atoms with Crippen LogP contribution >= 0.6 is 11.6 Å². The number of halogens is 1. The van der Waals surface area contributed by atoms with Crippen molar-refractivity contribution in [1.82, 2.24) is 19.1 Å². The number of rotatable bonds is 9. The molecule has 2 aromatic heterocycles. The zero-order chi connectivity index (χ0) is 27.5. The van der Waals surface area contributed by atoms with Crippen LogP contribution in [-0.4, -0.2) is 25.6 Å². The van der Waals surface area contributed by atoms with E-state index in [4.69, 9.17) is 27.3 Å². The molecule has 0 fully saturated rings. The van der Waals surface area contributed by atoms with Gasteiger partial charge in [0.25, 0.3) is 5.56 Å². The van der Waals surface area contributed by atoms with E-state index >= 15 is 0 Å². The van der Waals surface area contributed by atoms with Gasteiger partial charge in [-0.15, -0.1) is 0 Å². The molecule has 7 heteroatoms. The molecule has 0 bridgehead atoms. The number of nitrogens with two attached hydrogens (primary N) is 1. The van der Waals surface area contributed by atoms with Crippen molar-refractivity contribution in [2.75, 3.05) is 6.54 Å². The number of hydrogen-bond acceptors (Lipinski definition) is 4. The molecular weight excluding hydrogens is 506 g/mol. The third kappa shape index (κ3) is 5.68. The molecule has 0 saturated carbocycles. The molecule has 0 saturated heterocycles. The van der Waals surface area contributed by atoms with Crippen molar-refractivity contribution < 1.29 is 0 Å². The lowest BCUT2D eigenvalue weighted by Crippen LogP contribution is -2.31. The monoisotopic (exact) mass is 539 g/mol. The summed E-state index contributed by atoms with van der Waals surface area (Å²) < 4.78 is 4.01. The van der Waals surface area contributed by atoms with E-state index in [2.05, 4.69) is 55.8 Å². The minimum atomic E-state index is -0.250. The van der Waals surface area contributed by atoms with Gasteiger partial charge < -0.3 is 10.3 Å². The molecule has 2 N–H and O–H groups in total. The second-order valence-corrected chi connectivity index (χ2v) is 10.9. The van der Waals surface area contributed by atoms with Gasteiger partial charge in [-0.25, -0.2) is 9.97 Å². The van der Waals surface area contributed by atoms with Crippen LogP contribution in [0.2, 0.25) is 5.02 Å². The average molecular weight is 540 g/mol. The van der Waals surface area contributed by atoms with Gasteiger partial charge in [0.15, 0.2) is 0 Å². The van der Waals surface area contributed by atoms with Crippen LogP contribution in [0.3, 0.4) is 0 Å². The first kappa shape index (κ1) is 26.9. The fourth-order valence-electron chi connectivity index (χ4n) is 5.08. The lowest BCUT2D eigenvalue weighted by atomic mass is 10.0. The predicted octanol–water partition coefficient (Wildman–Crippen LogP) is 6.41. The zero-order valence-electron chi connectivity index (χ0n) is 22.6. The summed E-state index contributed by atoms with van der Waals surface area (Å²) in [6, 6.07) is 23.5. The van der Waals surface area contributed by atoms with Crippen LogP contribution in [0.15, 0.2) is 83.8 Å². The Morgan fingerprint density at radius 1 is 0.974 bits per heavy atom. The predicted molar refractivity (Wildman–Crippen MR) is 159 cm³/mol. The van der Waals surface area contributed by atoms with E-state index in [1.807, 2.05) is 34.9 Å². The van der Waals surface area contributed by atoms with Crippen molar-refractivity contribution in [2.45, 2.75) is 46.2 Å². The SMILES string of the molecule is Cc1ccc(-c2nc(CCCN)cn2C(c2nc3cc(Cl)ccc3c(=O)n2Cc2ccccc2)C(C)C)cc1. The largest absolute Gasteiger partial charge is 0.330 e. The van der Waals surface area contributed by atoms with Gasteiger partial charge in [-0.1, -0.05) is 85.6 Å². The van der Waals surface area contributed by atoms with Crippen LogP contribution in [0, 0.1) is 12.8 Å². The Hall–Kier alpha value is -3.74. The Balaban J connectivity index is 1.76. The highest BCUT2D eigenvalue weighted by Crippen LogP contribution is 2.32. The molecule has 0 aliphatic heterocycles. The number of aromatic nitrogens is 4. The van der Waals surface area contributed by atoms with Gasteiger partial charge in [-0.3, -0.25) is 9.36 Å². The zero-order valence-corrected chi connectivity index (χ0v) is 23.4. The third-order valence-corrected chi connectivity index (χ3v) is 7.29. The van der Waals surface area contributed by atoms with E-state index in [1.165, 1.54) is 5.56 Å². The van der Waals surface area contributed by atoms with Crippen molar-refractivity contribution >= 4 is 22.5 Å². The maximum absolute atomic E-state index is 14.0. The molecule has 0 spiro atoms. The van der Waals surface area contributed by atoms with Gasteiger partial charge in [-0.2, -0.15) is 0 Å². The first-order valence-corrected chi connectivity index (χ1v) is 13.8. The summed E-state index contributed by atoms with van der Waals surface area (Å²) >= 11 is 6.35. The van der Waals surface area contributed by atoms with Crippen molar-refractivity contribution in [3.63, 3.8) is 0 Å². The Labute approximate surface area is 234 Å². The number of imidazole rings is 1. The number of nitrogens with zero attached hydrogens (tertiary/aromatic N) is 4. The van der Waals surface area contributed by atoms with Crippen LogP contribution in [0.5, 0.6) is 0 Å². The first-order valence-electron chi connectivity index (χ1n) is 13.4. The molecule has 39 heavy (non-hydrogen) atoms. The van der Waals surface area contributed by atoms with E-state index < -0.39 is 0 Å². The summed E-state index contributed by atoms with van der Waals surface area (Å²) in [5.41, 5.74) is 10.6. The molecule has 0 aliphatic rings. The molecule has 0 radical (unpaired) electrons. The molecular formula is C32H34ClN5O. The molecule has 2 heterocycles. The van der Waals surface area contributed by atoms with Crippen LogP contribution in [0.1, 0.15) is 49.0 Å². The molecule has 5 aromatic rings. The molecule has 0 amide bonds. The molecule has 6 nitrogen and oxygen atoms in total. The summed E-state index contributed by atoms with van der Waals surface area (Å²) in [6.07, 6.45) is 3.74. The Bertz CT molecular complexity index is 1640. The normalized spacial score (nSPS) is 12.4. The van der Waals surface area contributed by atoms with E-state index in [0.29, 0.717) is 34.8 Å². The minimum Gasteiger partial charge on any atom is -0.330 e. The van der Waals surface area contributed by atoms with Crippen LogP contribution in [0.4, 0.5) is 0 Å². The summed E-state index contributed by atoms with van der Waals surface area (Å²) in [4.78, 5) is 24.2. The maximum Gasteiger partial charge on any atom is 0.261 e. The molecule has 0 aliphatic carbocycles. The highest BCUT2D eigenvalue weighted by molar-refractivity contribution is 6.31. The van der Waals surface area contributed by atoms with Gasteiger partial charge in [0.05, 0.1) is 29.2 Å². The first-order chi connectivity index (χ1) is 18.9. The lowest BCUT2D eigenvalue weighted by Gasteiger charge is -2.27. The van der Waals surface area contributed by atoms with Crippen molar-refractivity contribution in [2.24, 2.45) is 11.7 Å². The molecule has 1 unspecified atom stereocenters. The van der Waals surface area contributed by atoms with E-state index in [0.717, 1.165) is 35.5 Å². The van der Waals surface area contributed by atoms with E-state index in [9.17, 15) is 4.79 Å². The molecule has 5 rings (SSSR count). The number of benzene rings is 3. The van der Waals surface area contributed by atoms with Crippen molar-refractivity contribution in [3.05, 3.63) is 117 Å². The second kappa shape index (κ2) is 11.6. The topological polar surface area (TPSA) is 78.7 Å². The Morgan fingerprint density at radius 3 is 2.41 bits per heavy atom. The van der Waals surface area contributed by atoms with Crippen LogP contribution < -0.4 is 11.3 Å². The van der Waals surface area contributed by atoms with Gasteiger partial charge >= 0.3 is 0 Å². The third-order valence-electron chi connectivity index (χ3n) is 7.06. The second-order valence-electron chi connectivity index (χ2n) is 10.4. The van der Waals surface area contributed by atoms with E-state index in [1.54, 1.807) is 18.2 Å². The number of hydrogen-bond donors (Lipinski definition) is 1. The summed E-state index contributed by atoms with van der Waals surface area (Å²) in [7, 11) is 0. The van der Waals surface area contributed by atoms with Gasteiger partial charge in [-0.05, 0) is 56.0 Å². The highest BCUT2D eigenvalue weighted by Gasteiger charge is 2.28. The van der Waals surface area contributed by atoms with Gasteiger partial charge in [0.1, 0.15) is 11.6 Å². The van der Waals surface area contributed by atoms with Crippen molar-refractivity contribution in [3.8, 4) is 11.4 Å². The number of fused-ring (bicyclic) bond motifs is 1. The van der Waals surface area contributed by atoms with Crippen LogP contribution in [-0.2, 0) is 13.0 Å². The standard InChI is InChI=1S/C32H34ClN5O/c1-21(2)29(37-20-26(10-7-17-34)35-30(37)24-13-11-22(3)12-14-24)31-36-28-18-25(33)15-16-27(28)32(39)38(31)19-23-8-5-4-6-9-23/h4-6,8-9,11-16,18,20-21,29H,7,10,17,19,34H2,1-3H3. The number of aryl methyl sites for hydroxylation is 2. The minimum absolute atomic E-state index is 0.0819. The summed E-state index contributed by atoms with van der Waals surface area (Å²) in [5, 5.41) is 1.10. The molecule has 200 valence electrons. The summed E-state index contributed by atoms with van der Waals surface area (Å²) in [5.74, 6) is 1.65. The Morgan fingerprint density at radius 2 is 1.72 bits per heavy atom. The Kier molecular flexibility index (Phi) is 7.96. The molecule has 3 aromatic carbocycles. The average Bonchev–Trinajstić information content (AvgIpc) is 3.33. The smallest absolute Gasteiger partial charge is 0.261 e. The maximum atomic E-state index is 14.0.